The SMILES string of the molecule is CNC(=O)C(=O)c1c[nH]c2c([C@@]34CC(=O)N(C)[C@@H]3N(C)c3ccccc34)cccc12. The summed E-state index contributed by atoms with van der Waals surface area (Å²) < 4.78 is 0. The van der Waals surface area contributed by atoms with Crippen molar-refractivity contribution in [2.45, 2.75) is 18.0 Å². The number of nitrogens with one attached hydrogen (secondary N) is 2. The molecular formula is C23H22N4O3. The van der Waals surface area contributed by atoms with Crippen LogP contribution in [0, 0.1) is 0 Å². The number of carbonyl (C=O) groups excluding carboxylic acids is 3. The number of likely N-dealkylation sites (N-methyl/N-ethyl adjacent to an activating group) is 3. The number of H-pyrrole nitrogens is 1. The fraction of sp³-hybridized carbons (Fsp3) is 0.261. The lowest BCUT2D eigenvalue weighted by Crippen LogP contribution is -2.47. The highest BCUT2D eigenvalue weighted by Crippen LogP contribution is 2.56. The number of carbonyl (C=O) groups is 3. The zero-order valence-electron chi connectivity index (χ0n) is 17.0. The monoisotopic (exact) mass is 402 g/mol. The minimum Gasteiger partial charge on any atom is -0.360 e. The molecule has 0 bridgehead atoms. The van der Waals surface area contributed by atoms with Gasteiger partial charge in [-0.05, 0) is 17.2 Å². The minimum atomic E-state index is -0.654. The minimum absolute atomic E-state index is 0.0755. The number of amides is 2. The molecule has 0 spiro atoms. The van der Waals surface area contributed by atoms with Crippen LogP contribution in [0.2, 0.25) is 0 Å². The number of anilines is 1. The van der Waals surface area contributed by atoms with Crippen LogP contribution in [-0.4, -0.2) is 54.8 Å². The number of rotatable bonds is 3. The average molecular weight is 402 g/mol. The number of benzene rings is 2. The maximum atomic E-state index is 12.9. The number of likely N-dealkylation sites (tertiary alicyclic amines) is 1. The quantitative estimate of drug-likeness (QED) is 0.519. The molecule has 1 aromatic heterocycles. The summed E-state index contributed by atoms with van der Waals surface area (Å²) in [5, 5.41) is 3.08. The third-order valence-corrected chi connectivity index (χ3v) is 6.64. The van der Waals surface area contributed by atoms with E-state index in [9.17, 15) is 14.4 Å². The van der Waals surface area contributed by atoms with Gasteiger partial charge in [-0.15, -0.1) is 0 Å². The van der Waals surface area contributed by atoms with Crippen LogP contribution in [0.4, 0.5) is 5.69 Å². The molecule has 2 atom stereocenters. The predicted octanol–water partition coefficient (Wildman–Crippen LogP) is 2.02. The highest BCUT2D eigenvalue weighted by atomic mass is 16.2. The van der Waals surface area contributed by atoms with Gasteiger partial charge in [-0.1, -0.05) is 36.4 Å². The van der Waals surface area contributed by atoms with Crippen LogP contribution in [0.1, 0.15) is 27.9 Å². The second kappa shape index (κ2) is 6.19. The van der Waals surface area contributed by atoms with Crippen LogP contribution in [0.25, 0.3) is 10.9 Å². The van der Waals surface area contributed by atoms with Crippen molar-refractivity contribution in [2.24, 2.45) is 0 Å². The van der Waals surface area contributed by atoms with Gasteiger partial charge in [0.05, 0.1) is 16.5 Å². The number of hydrogen-bond donors (Lipinski definition) is 2. The molecule has 5 rings (SSSR count). The topological polar surface area (TPSA) is 85.5 Å². The third kappa shape index (κ3) is 2.12. The van der Waals surface area contributed by atoms with Crippen LogP contribution >= 0.6 is 0 Å². The first-order chi connectivity index (χ1) is 14.4. The maximum Gasteiger partial charge on any atom is 0.292 e. The summed E-state index contributed by atoms with van der Waals surface area (Å²) in [6.45, 7) is 0. The van der Waals surface area contributed by atoms with E-state index in [1.807, 2.05) is 44.4 Å². The van der Waals surface area contributed by atoms with Crippen molar-refractivity contribution >= 4 is 34.2 Å². The van der Waals surface area contributed by atoms with Gasteiger partial charge in [0.25, 0.3) is 11.7 Å². The Morgan fingerprint density at radius 3 is 2.57 bits per heavy atom. The van der Waals surface area contributed by atoms with E-state index >= 15 is 0 Å². The summed E-state index contributed by atoms with van der Waals surface area (Å²) in [5.41, 5.74) is 3.67. The first kappa shape index (κ1) is 18.4. The molecule has 2 aliphatic rings. The summed E-state index contributed by atoms with van der Waals surface area (Å²) >= 11 is 0. The van der Waals surface area contributed by atoms with E-state index in [1.54, 1.807) is 11.1 Å². The third-order valence-electron chi connectivity index (χ3n) is 6.64. The zero-order valence-corrected chi connectivity index (χ0v) is 17.0. The Kier molecular flexibility index (Phi) is 3.80. The Bertz CT molecular complexity index is 1230. The van der Waals surface area contributed by atoms with Gasteiger partial charge in [-0.25, -0.2) is 0 Å². The van der Waals surface area contributed by atoms with Crippen LogP contribution in [-0.2, 0) is 15.0 Å². The first-order valence-corrected chi connectivity index (χ1v) is 9.86. The van der Waals surface area contributed by atoms with Gasteiger partial charge in [0, 0.05) is 44.8 Å². The maximum absolute atomic E-state index is 12.9. The van der Waals surface area contributed by atoms with Crippen LogP contribution in [0.5, 0.6) is 0 Å². The number of ketones is 1. The van der Waals surface area contributed by atoms with E-state index in [1.165, 1.54) is 7.05 Å². The van der Waals surface area contributed by atoms with Gasteiger partial charge in [0.15, 0.2) is 0 Å². The standard InChI is InChI=1S/C23H22N4O3/c1-24-21(30)20(29)14-12-25-19-13(14)7-6-9-16(19)23-11-18(28)27(3)22(23)26(2)17-10-5-4-8-15(17)23/h4-10,12,22,25H,11H2,1-3H3,(H,24,30)/t22-,23-/m0/s1. The molecular weight excluding hydrogens is 380 g/mol. The lowest BCUT2D eigenvalue weighted by molar-refractivity contribution is -0.127. The number of fused-ring (bicyclic) bond motifs is 4. The summed E-state index contributed by atoms with van der Waals surface area (Å²) in [4.78, 5) is 44.6. The molecule has 2 aromatic carbocycles. The van der Waals surface area contributed by atoms with E-state index in [-0.39, 0.29) is 12.1 Å². The molecule has 2 N–H and O–H groups in total. The number of para-hydroxylation sites is 2. The summed E-state index contributed by atoms with van der Waals surface area (Å²) in [7, 11) is 5.29. The molecule has 0 saturated carbocycles. The molecule has 2 amide bonds. The van der Waals surface area contributed by atoms with Crippen molar-refractivity contribution in [2.75, 3.05) is 26.0 Å². The molecule has 0 aliphatic carbocycles. The number of hydrogen-bond acceptors (Lipinski definition) is 4. The predicted molar refractivity (Wildman–Crippen MR) is 113 cm³/mol. The van der Waals surface area contributed by atoms with Crippen molar-refractivity contribution < 1.29 is 14.4 Å². The fourth-order valence-electron chi connectivity index (χ4n) is 5.37. The van der Waals surface area contributed by atoms with Crippen molar-refractivity contribution in [3.8, 4) is 0 Å². The summed E-state index contributed by atoms with van der Waals surface area (Å²) in [5.74, 6) is -1.16. The van der Waals surface area contributed by atoms with Crippen LogP contribution in [0.15, 0.2) is 48.7 Å². The molecule has 30 heavy (non-hydrogen) atoms. The smallest absolute Gasteiger partial charge is 0.292 e. The Hall–Kier alpha value is -3.61. The van der Waals surface area contributed by atoms with E-state index in [4.69, 9.17) is 0 Å². The molecule has 1 saturated heterocycles. The number of nitrogens with zero attached hydrogens (tertiary/aromatic N) is 2. The molecule has 1 fully saturated rings. The van der Waals surface area contributed by atoms with E-state index < -0.39 is 17.1 Å². The normalized spacial score (nSPS) is 22.4. The van der Waals surface area contributed by atoms with Gasteiger partial charge in [0.1, 0.15) is 6.17 Å². The second-order valence-corrected chi connectivity index (χ2v) is 7.99. The molecule has 152 valence electrons. The van der Waals surface area contributed by atoms with Gasteiger partial charge in [0.2, 0.25) is 5.91 Å². The molecule has 2 aliphatic heterocycles. The van der Waals surface area contributed by atoms with Gasteiger partial charge in [-0.3, -0.25) is 14.4 Å². The zero-order chi connectivity index (χ0) is 21.2. The molecule has 7 heteroatoms. The van der Waals surface area contributed by atoms with Crippen LogP contribution in [0.3, 0.4) is 0 Å². The van der Waals surface area contributed by atoms with Crippen molar-refractivity contribution in [3.05, 3.63) is 65.4 Å². The summed E-state index contributed by atoms with van der Waals surface area (Å²) in [6.07, 6.45) is 1.75. The lowest BCUT2D eigenvalue weighted by Gasteiger charge is -2.35. The van der Waals surface area contributed by atoms with E-state index in [0.29, 0.717) is 17.4 Å². The Morgan fingerprint density at radius 2 is 1.80 bits per heavy atom. The van der Waals surface area contributed by atoms with Gasteiger partial charge < -0.3 is 20.1 Å². The van der Waals surface area contributed by atoms with Crippen molar-refractivity contribution in [3.63, 3.8) is 0 Å². The lowest BCUT2D eigenvalue weighted by atomic mass is 9.72. The number of Topliss-reactive ketones (excluding diaryl/α,β-unsaturated/α-hetero) is 1. The molecule has 0 radical (unpaired) electrons. The Labute approximate surface area is 173 Å². The highest BCUT2D eigenvalue weighted by molar-refractivity contribution is 6.44. The molecule has 0 unspecified atom stereocenters. The van der Waals surface area contributed by atoms with Gasteiger partial charge in [-0.2, -0.15) is 0 Å². The van der Waals surface area contributed by atoms with Gasteiger partial charge >= 0.3 is 0 Å². The van der Waals surface area contributed by atoms with Crippen LogP contribution < -0.4 is 10.2 Å². The van der Waals surface area contributed by atoms with E-state index in [0.717, 1.165) is 22.3 Å². The fourth-order valence-corrected chi connectivity index (χ4v) is 5.37. The largest absolute Gasteiger partial charge is 0.360 e. The average Bonchev–Trinajstić information content (AvgIpc) is 3.38. The van der Waals surface area contributed by atoms with Crippen molar-refractivity contribution in [1.29, 1.82) is 0 Å². The second-order valence-electron chi connectivity index (χ2n) is 7.99. The van der Waals surface area contributed by atoms with Crippen molar-refractivity contribution in [1.82, 2.24) is 15.2 Å². The molecule has 3 heterocycles. The highest BCUT2D eigenvalue weighted by Gasteiger charge is 2.60. The number of aromatic amines is 1. The molecule has 7 nitrogen and oxygen atoms in total. The Balaban J connectivity index is 1.79. The molecule has 3 aromatic rings. The first-order valence-electron chi connectivity index (χ1n) is 9.86. The number of aromatic nitrogens is 1. The Morgan fingerprint density at radius 1 is 1.07 bits per heavy atom. The van der Waals surface area contributed by atoms with E-state index in [2.05, 4.69) is 27.3 Å². The summed E-state index contributed by atoms with van der Waals surface area (Å²) in [6, 6.07) is 13.9.